The molecule has 8 nitrogen and oxygen atoms in total. The van der Waals surface area contributed by atoms with E-state index in [0.717, 1.165) is 5.56 Å². The minimum Gasteiger partial charge on any atom is -0.395 e. The summed E-state index contributed by atoms with van der Waals surface area (Å²) < 4.78 is 26.9. The summed E-state index contributed by atoms with van der Waals surface area (Å²) in [6, 6.07) is 6.24. The summed E-state index contributed by atoms with van der Waals surface area (Å²) in [4.78, 5) is 23.4. The van der Waals surface area contributed by atoms with E-state index in [9.17, 15) is 18.0 Å². The van der Waals surface area contributed by atoms with Crippen LogP contribution < -0.4 is 10.6 Å². The largest absolute Gasteiger partial charge is 0.395 e. The Labute approximate surface area is 147 Å². The molecule has 1 saturated heterocycles. The van der Waals surface area contributed by atoms with E-state index >= 15 is 0 Å². The average molecular weight is 369 g/mol. The van der Waals surface area contributed by atoms with Crippen molar-refractivity contribution >= 4 is 21.8 Å². The van der Waals surface area contributed by atoms with Crippen LogP contribution in [0.2, 0.25) is 0 Å². The second kappa shape index (κ2) is 8.41. The van der Waals surface area contributed by atoms with Crippen molar-refractivity contribution in [1.82, 2.24) is 14.9 Å². The Morgan fingerprint density at radius 2 is 1.84 bits per heavy atom. The van der Waals surface area contributed by atoms with E-state index < -0.39 is 21.8 Å². The average Bonchev–Trinajstić information content (AvgIpc) is 3.07. The number of amides is 2. The van der Waals surface area contributed by atoms with Gasteiger partial charge in [-0.15, -0.1) is 0 Å². The Balaban J connectivity index is 2.01. The molecule has 1 unspecified atom stereocenters. The van der Waals surface area contributed by atoms with E-state index in [1.807, 2.05) is 6.92 Å². The van der Waals surface area contributed by atoms with Gasteiger partial charge in [0.15, 0.2) is 0 Å². The maximum Gasteiger partial charge on any atom is 0.309 e. The molecule has 0 spiro atoms. The van der Waals surface area contributed by atoms with Gasteiger partial charge in [0.05, 0.1) is 11.5 Å². The van der Waals surface area contributed by atoms with Gasteiger partial charge in [0.2, 0.25) is 10.0 Å². The van der Waals surface area contributed by atoms with Gasteiger partial charge < -0.3 is 15.7 Å². The highest BCUT2D eigenvalue weighted by Crippen LogP contribution is 2.25. The molecule has 1 aromatic rings. The lowest BCUT2D eigenvalue weighted by atomic mass is 10.2. The molecule has 1 aliphatic heterocycles. The molecule has 2 amide bonds. The van der Waals surface area contributed by atoms with Gasteiger partial charge >= 0.3 is 11.8 Å². The van der Waals surface area contributed by atoms with Crippen molar-refractivity contribution in [3.05, 3.63) is 29.8 Å². The highest BCUT2D eigenvalue weighted by atomic mass is 32.2. The van der Waals surface area contributed by atoms with Crippen molar-refractivity contribution in [2.75, 3.05) is 26.2 Å². The first kappa shape index (κ1) is 19.4. The molecule has 1 atom stereocenters. The topological polar surface area (TPSA) is 116 Å². The summed E-state index contributed by atoms with van der Waals surface area (Å²) in [5.74, 6) is -1.69. The fraction of sp³-hybridized carbons (Fsp3) is 0.500. The van der Waals surface area contributed by atoms with Gasteiger partial charge in [-0.2, -0.15) is 4.31 Å². The van der Waals surface area contributed by atoms with Crippen LogP contribution in [0.3, 0.4) is 0 Å². The molecule has 9 heteroatoms. The molecule has 1 aromatic carbocycles. The number of carbonyl (C=O) groups is 2. The van der Waals surface area contributed by atoms with Crippen LogP contribution in [0, 0.1) is 6.92 Å². The van der Waals surface area contributed by atoms with Crippen LogP contribution in [-0.4, -0.2) is 61.9 Å². The van der Waals surface area contributed by atoms with Gasteiger partial charge in [0.25, 0.3) is 0 Å². The van der Waals surface area contributed by atoms with Crippen LogP contribution in [0.15, 0.2) is 29.2 Å². The molecular weight excluding hydrogens is 346 g/mol. The standard InChI is InChI=1S/C16H23N3O5S/c1-12-4-6-14(7-5-12)25(23,24)19-9-2-3-13(19)11-18-16(22)15(21)17-8-10-20/h4-7,13,20H,2-3,8-11H2,1H3,(H,17,21)(H,18,22). The van der Waals surface area contributed by atoms with Gasteiger partial charge in [-0.25, -0.2) is 8.42 Å². The summed E-state index contributed by atoms with van der Waals surface area (Å²) in [6.45, 7) is 2.06. The summed E-state index contributed by atoms with van der Waals surface area (Å²) in [7, 11) is -3.64. The number of benzene rings is 1. The molecule has 0 aromatic heterocycles. The number of carbonyl (C=O) groups excluding carboxylic acids is 2. The first-order valence-electron chi connectivity index (χ1n) is 8.11. The number of nitrogens with one attached hydrogen (secondary N) is 2. The van der Waals surface area contributed by atoms with Crippen molar-refractivity contribution in [2.45, 2.75) is 30.7 Å². The van der Waals surface area contributed by atoms with Crippen LogP contribution in [0.1, 0.15) is 18.4 Å². The Kier molecular flexibility index (Phi) is 6.51. The molecular formula is C16H23N3O5S. The predicted molar refractivity (Wildman–Crippen MR) is 91.2 cm³/mol. The zero-order chi connectivity index (χ0) is 18.4. The Bertz CT molecular complexity index is 718. The molecule has 138 valence electrons. The molecule has 2 rings (SSSR count). The van der Waals surface area contributed by atoms with Gasteiger partial charge in [-0.1, -0.05) is 17.7 Å². The number of aliphatic hydroxyl groups is 1. The number of hydrogen-bond acceptors (Lipinski definition) is 5. The van der Waals surface area contributed by atoms with Crippen LogP contribution >= 0.6 is 0 Å². The van der Waals surface area contributed by atoms with Crippen molar-refractivity contribution in [3.8, 4) is 0 Å². The van der Waals surface area contributed by atoms with E-state index in [-0.39, 0.29) is 30.6 Å². The Morgan fingerprint density at radius 3 is 2.48 bits per heavy atom. The lowest BCUT2D eigenvalue weighted by Gasteiger charge is -2.24. The first-order valence-corrected chi connectivity index (χ1v) is 9.55. The van der Waals surface area contributed by atoms with Crippen molar-refractivity contribution in [3.63, 3.8) is 0 Å². The van der Waals surface area contributed by atoms with E-state index in [1.165, 1.54) is 4.31 Å². The number of hydrogen-bond donors (Lipinski definition) is 3. The van der Waals surface area contributed by atoms with E-state index in [1.54, 1.807) is 24.3 Å². The third-order valence-electron chi connectivity index (χ3n) is 4.05. The van der Waals surface area contributed by atoms with Gasteiger partial charge in [0, 0.05) is 25.7 Å². The Hall–Kier alpha value is -1.97. The normalized spacial score (nSPS) is 18.1. The second-order valence-electron chi connectivity index (χ2n) is 5.91. The SMILES string of the molecule is Cc1ccc(S(=O)(=O)N2CCCC2CNC(=O)C(=O)NCCO)cc1. The lowest BCUT2D eigenvalue weighted by molar-refractivity contribution is -0.139. The maximum atomic E-state index is 12.8. The van der Waals surface area contributed by atoms with Gasteiger partial charge in [-0.3, -0.25) is 9.59 Å². The number of nitrogens with zero attached hydrogens (tertiary/aromatic N) is 1. The molecule has 25 heavy (non-hydrogen) atoms. The zero-order valence-corrected chi connectivity index (χ0v) is 14.9. The van der Waals surface area contributed by atoms with Crippen LogP contribution in [0.25, 0.3) is 0 Å². The Morgan fingerprint density at radius 1 is 1.20 bits per heavy atom. The smallest absolute Gasteiger partial charge is 0.309 e. The summed E-state index contributed by atoms with van der Waals surface area (Å²) in [5, 5.41) is 13.3. The minimum absolute atomic E-state index is 0.0103. The second-order valence-corrected chi connectivity index (χ2v) is 7.80. The van der Waals surface area contributed by atoms with Crippen LogP contribution in [0.4, 0.5) is 0 Å². The zero-order valence-electron chi connectivity index (χ0n) is 14.1. The van der Waals surface area contributed by atoms with Gasteiger partial charge in [0.1, 0.15) is 0 Å². The number of rotatable bonds is 6. The molecule has 1 aliphatic rings. The van der Waals surface area contributed by atoms with Gasteiger partial charge in [-0.05, 0) is 31.9 Å². The summed E-state index contributed by atoms with van der Waals surface area (Å²) in [5.41, 5.74) is 0.970. The molecule has 0 bridgehead atoms. The minimum atomic E-state index is -3.64. The lowest BCUT2D eigenvalue weighted by Crippen LogP contribution is -2.47. The number of aryl methyl sites for hydroxylation is 1. The maximum absolute atomic E-state index is 12.8. The van der Waals surface area contributed by atoms with E-state index in [4.69, 9.17) is 5.11 Å². The van der Waals surface area contributed by atoms with E-state index in [0.29, 0.717) is 19.4 Å². The number of sulfonamides is 1. The molecule has 3 N–H and O–H groups in total. The summed E-state index contributed by atoms with van der Waals surface area (Å²) in [6.07, 6.45) is 1.31. The third kappa shape index (κ3) is 4.77. The summed E-state index contributed by atoms with van der Waals surface area (Å²) >= 11 is 0. The highest BCUT2D eigenvalue weighted by molar-refractivity contribution is 7.89. The van der Waals surface area contributed by atoms with E-state index in [2.05, 4.69) is 10.6 Å². The quantitative estimate of drug-likeness (QED) is 0.578. The van der Waals surface area contributed by atoms with Crippen LogP contribution in [-0.2, 0) is 19.6 Å². The molecule has 0 radical (unpaired) electrons. The van der Waals surface area contributed by atoms with Crippen molar-refractivity contribution in [1.29, 1.82) is 0 Å². The van der Waals surface area contributed by atoms with Crippen molar-refractivity contribution in [2.24, 2.45) is 0 Å². The fourth-order valence-electron chi connectivity index (χ4n) is 2.72. The van der Waals surface area contributed by atoms with Crippen molar-refractivity contribution < 1.29 is 23.1 Å². The molecule has 0 aliphatic carbocycles. The first-order chi connectivity index (χ1) is 11.9. The molecule has 0 saturated carbocycles. The predicted octanol–water partition coefficient (Wildman–Crippen LogP) is -0.627. The monoisotopic (exact) mass is 369 g/mol. The fourth-order valence-corrected chi connectivity index (χ4v) is 4.41. The highest BCUT2D eigenvalue weighted by Gasteiger charge is 2.35. The number of aliphatic hydroxyl groups excluding tert-OH is 1. The molecule has 1 fully saturated rings. The third-order valence-corrected chi connectivity index (χ3v) is 6.02. The molecule has 1 heterocycles. The van der Waals surface area contributed by atoms with Crippen LogP contribution in [0.5, 0.6) is 0 Å².